The van der Waals surface area contributed by atoms with Crippen molar-refractivity contribution in [3.63, 3.8) is 0 Å². The summed E-state index contributed by atoms with van der Waals surface area (Å²) in [5.74, 6) is -3.44. The fourth-order valence-corrected chi connectivity index (χ4v) is 1.22. The average molecular weight is 218 g/mol. The summed E-state index contributed by atoms with van der Waals surface area (Å²) in [5.41, 5.74) is 0.169. The molecule has 0 aliphatic carbocycles. The fraction of sp³-hybridized carbons (Fsp3) is 0.300. The van der Waals surface area contributed by atoms with Crippen LogP contribution in [0.3, 0.4) is 0 Å². The summed E-state index contributed by atoms with van der Waals surface area (Å²) in [6, 6.07) is 7.41. The second-order valence-corrected chi connectivity index (χ2v) is 3.01. The number of aliphatic hydroxyl groups excluding tert-OH is 1. The zero-order valence-corrected chi connectivity index (χ0v) is 7.66. The highest BCUT2D eigenvalue weighted by Crippen LogP contribution is 2.27. The lowest BCUT2D eigenvalue weighted by molar-refractivity contribution is -0.173. The lowest BCUT2D eigenvalue weighted by Crippen LogP contribution is -2.31. The Labute approximate surface area is 84.3 Å². The lowest BCUT2D eigenvalue weighted by atomic mass is 9.95. The van der Waals surface area contributed by atoms with Gasteiger partial charge in [0.05, 0.1) is 12.5 Å². The highest BCUT2D eigenvalue weighted by atomic mass is 19.4. The normalized spacial score (nSPS) is 13.6. The molecule has 1 rings (SSSR count). The van der Waals surface area contributed by atoms with Crippen LogP contribution in [0.5, 0.6) is 0 Å². The molecule has 1 unspecified atom stereocenters. The second-order valence-electron chi connectivity index (χ2n) is 3.01. The third kappa shape index (κ3) is 2.79. The second kappa shape index (κ2) is 4.44. The molecule has 1 aromatic carbocycles. The van der Waals surface area contributed by atoms with Crippen LogP contribution in [0.4, 0.5) is 13.2 Å². The Hall–Kier alpha value is -1.36. The van der Waals surface area contributed by atoms with Crippen molar-refractivity contribution < 1.29 is 23.1 Å². The number of rotatable bonds is 3. The van der Waals surface area contributed by atoms with E-state index < -0.39 is 24.5 Å². The molecule has 1 aromatic rings. The van der Waals surface area contributed by atoms with Crippen molar-refractivity contribution in [2.45, 2.75) is 12.1 Å². The van der Waals surface area contributed by atoms with E-state index in [0.29, 0.717) is 0 Å². The third-order valence-corrected chi connectivity index (χ3v) is 1.98. The molecule has 0 saturated carbocycles. The van der Waals surface area contributed by atoms with Crippen LogP contribution < -0.4 is 0 Å². The molecule has 0 heterocycles. The lowest BCUT2D eigenvalue weighted by Gasteiger charge is -2.14. The molecule has 0 aliphatic heterocycles. The van der Waals surface area contributed by atoms with Crippen molar-refractivity contribution in [3.05, 3.63) is 35.9 Å². The van der Waals surface area contributed by atoms with Crippen molar-refractivity contribution in [2.75, 3.05) is 6.61 Å². The maximum Gasteiger partial charge on any atom is 0.450 e. The van der Waals surface area contributed by atoms with Gasteiger partial charge in [-0.25, -0.2) is 0 Å². The smallest absolute Gasteiger partial charge is 0.395 e. The number of hydrogen-bond donors (Lipinski definition) is 1. The summed E-state index contributed by atoms with van der Waals surface area (Å²) >= 11 is 0. The number of halogens is 3. The summed E-state index contributed by atoms with van der Waals surface area (Å²) in [5, 5.41) is 8.79. The van der Waals surface area contributed by atoms with Gasteiger partial charge in [0.2, 0.25) is 5.78 Å². The van der Waals surface area contributed by atoms with Crippen molar-refractivity contribution >= 4 is 5.78 Å². The molecule has 0 fully saturated rings. The van der Waals surface area contributed by atoms with Gasteiger partial charge in [-0.05, 0) is 5.56 Å². The first kappa shape index (κ1) is 11.7. The van der Waals surface area contributed by atoms with Gasteiger partial charge in [-0.2, -0.15) is 13.2 Å². The monoisotopic (exact) mass is 218 g/mol. The van der Waals surface area contributed by atoms with E-state index in [9.17, 15) is 18.0 Å². The number of carbonyl (C=O) groups is 1. The maximum absolute atomic E-state index is 12.1. The number of carbonyl (C=O) groups excluding carboxylic acids is 1. The Morgan fingerprint density at radius 2 is 1.80 bits per heavy atom. The van der Waals surface area contributed by atoms with E-state index in [1.807, 2.05) is 0 Å². The van der Waals surface area contributed by atoms with Crippen LogP contribution in [0, 0.1) is 0 Å². The average Bonchev–Trinajstić information content (AvgIpc) is 2.19. The summed E-state index contributed by atoms with van der Waals surface area (Å²) in [4.78, 5) is 10.9. The molecule has 0 saturated heterocycles. The van der Waals surface area contributed by atoms with Gasteiger partial charge in [0.15, 0.2) is 0 Å². The molecule has 0 spiro atoms. The van der Waals surface area contributed by atoms with Crippen molar-refractivity contribution in [2.24, 2.45) is 0 Å². The van der Waals surface area contributed by atoms with Crippen LogP contribution in [0.15, 0.2) is 30.3 Å². The van der Waals surface area contributed by atoms with E-state index in [0.717, 1.165) is 0 Å². The maximum atomic E-state index is 12.1. The summed E-state index contributed by atoms with van der Waals surface area (Å²) in [6.45, 7) is -0.845. The molecule has 15 heavy (non-hydrogen) atoms. The SMILES string of the molecule is O=C(C(CO)c1ccccc1)C(F)(F)F. The predicted octanol–water partition coefficient (Wildman–Crippen LogP) is 1.89. The van der Waals surface area contributed by atoms with Crippen LogP contribution in [0.2, 0.25) is 0 Å². The zero-order valence-electron chi connectivity index (χ0n) is 7.66. The van der Waals surface area contributed by atoms with Crippen LogP contribution in [-0.4, -0.2) is 23.7 Å². The molecule has 5 heteroatoms. The minimum atomic E-state index is -4.91. The van der Waals surface area contributed by atoms with Crippen molar-refractivity contribution in [3.8, 4) is 0 Å². The number of aliphatic hydroxyl groups is 1. The summed E-state index contributed by atoms with van der Waals surface area (Å²) in [6.07, 6.45) is -4.91. The molecule has 0 amide bonds. The number of alkyl halides is 3. The van der Waals surface area contributed by atoms with Crippen LogP contribution in [0.1, 0.15) is 11.5 Å². The predicted molar refractivity (Wildman–Crippen MR) is 47.3 cm³/mol. The van der Waals surface area contributed by atoms with Crippen molar-refractivity contribution in [1.29, 1.82) is 0 Å². The molecular weight excluding hydrogens is 209 g/mol. The van der Waals surface area contributed by atoms with Gasteiger partial charge in [-0.3, -0.25) is 4.79 Å². The van der Waals surface area contributed by atoms with Gasteiger partial charge in [-0.1, -0.05) is 30.3 Å². The largest absolute Gasteiger partial charge is 0.450 e. The first-order valence-corrected chi connectivity index (χ1v) is 4.23. The van der Waals surface area contributed by atoms with Crippen LogP contribution in [0.25, 0.3) is 0 Å². The molecule has 1 atom stereocenters. The van der Waals surface area contributed by atoms with Gasteiger partial charge in [0.1, 0.15) is 0 Å². The topological polar surface area (TPSA) is 37.3 Å². The van der Waals surface area contributed by atoms with E-state index in [-0.39, 0.29) is 5.56 Å². The van der Waals surface area contributed by atoms with E-state index in [1.165, 1.54) is 24.3 Å². The van der Waals surface area contributed by atoms with Gasteiger partial charge >= 0.3 is 6.18 Å². The van der Waals surface area contributed by atoms with E-state index in [4.69, 9.17) is 5.11 Å². The minimum absolute atomic E-state index is 0.169. The third-order valence-electron chi connectivity index (χ3n) is 1.98. The quantitative estimate of drug-likeness (QED) is 0.841. The summed E-state index contributed by atoms with van der Waals surface area (Å²) < 4.78 is 36.3. The minimum Gasteiger partial charge on any atom is -0.395 e. The van der Waals surface area contributed by atoms with Gasteiger partial charge < -0.3 is 5.11 Å². The zero-order chi connectivity index (χ0) is 11.5. The molecule has 0 radical (unpaired) electrons. The first-order valence-electron chi connectivity index (χ1n) is 4.23. The molecular formula is C10H9F3O2. The van der Waals surface area contributed by atoms with Crippen LogP contribution >= 0.6 is 0 Å². The number of hydrogen-bond acceptors (Lipinski definition) is 2. The van der Waals surface area contributed by atoms with Gasteiger partial charge in [0.25, 0.3) is 0 Å². The highest BCUT2D eigenvalue weighted by Gasteiger charge is 2.43. The Morgan fingerprint density at radius 1 is 1.27 bits per heavy atom. The number of Topliss-reactive ketones (excluding diaryl/α,β-unsaturated/α-hetero) is 1. The van der Waals surface area contributed by atoms with E-state index in [1.54, 1.807) is 6.07 Å². The Morgan fingerprint density at radius 3 is 2.20 bits per heavy atom. The first-order chi connectivity index (χ1) is 6.96. The fourth-order valence-electron chi connectivity index (χ4n) is 1.22. The molecule has 82 valence electrons. The molecule has 1 N–H and O–H groups in total. The highest BCUT2D eigenvalue weighted by molar-refractivity contribution is 5.90. The van der Waals surface area contributed by atoms with E-state index in [2.05, 4.69) is 0 Å². The number of ketones is 1. The van der Waals surface area contributed by atoms with Gasteiger partial charge in [-0.15, -0.1) is 0 Å². The Bertz CT molecular complexity index is 332. The standard InChI is InChI=1S/C10H9F3O2/c11-10(12,13)9(15)8(6-14)7-4-2-1-3-5-7/h1-5,8,14H,6H2. The van der Waals surface area contributed by atoms with Gasteiger partial charge in [0, 0.05) is 0 Å². The molecule has 0 aromatic heterocycles. The van der Waals surface area contributed by atoms with E-state index >= 15 is 0 Å². The molecule has 0 aliphatic rings. The molecule has 0 bridgehead atoms. The molecule has 2 nitrogen and oxygen atoms in total. The Balaban J connectivity index is 2.96. The van der Waals surface area contributed by atoms with Crippen LogP contribution in [-0.2, 0) is 4.79 Å². The number of benzene rings is 1. The van der Waals surface area contributed by atoms with Crippen molar-refractivity contribution in [1.82, 2.24) is 0 Å². The Kier molecular flexibility index (Phi) is 3.47. The summed E-state index contributed by atoms with van der Waals surface area (Å²) in [7, 11) is 0.